The minimum atomic E-state index is 0.569. The van der Waals surface area contributed by atoms with Gasteiger partial charge in [0.1, 0.15) is 0 Å². The Labute approximate surface area is 181 Å². The van der Waals surface area contributed by atoms with Crippen LogP contribution in [0.4, 0.5) is 5.69 Å². The van der Waals surface area contributed by atoms with E-state index in [9.17, 15) is 0 Å². The molecule has 2 aliphatic heterocycles. The third-order valence-corrected chi connectivity index (χ3v) is 7.57. The van der Waals surface area contributed by atoms with E-state index >= 15 is 0 Å². The lowest BCUT2D eigenvalue weighted by Crippen LogP contribution is -2.54. The zero-order chi connectivity index (χ0) is 20.1. The number of aromatic nitrogens is 1. The highest BCUT2D eigenvalue weighted by Crippen LogP contribution is 2.41. The summed E-state index contributed by atoms with van der Waals surface area (Å²) in [4.78, 5) is 9.80. The van der Waals surface area contributed by atoms with Crippen molar-refractivity contribution >= 4 is 27.1 Å². The number of hydrogen-bond acceptors (Lipinski definition) is 4. The number of piperazine rings is 1. The number of rotatable bonds is 3. The van der Waals surface area contributed by atoms with Crippen molar-refractivity contribution < 1.29 is 0 Å². The first kappa shape index (κ1) is 18.1. The molecule has 2 aliphatic rings. The van der Waals surface area contributed by atoms with Crippen LogP contribution in [0.25, 0.3) is 21.2 Å². The van der Waals surface area contributed by atoms with Gasteiger partial charge in [0.05, 0.1) is 0 Å². The zero-order valence-corrected chi connectivity index (χ0v) is 18.0. The summed E-state index contributed by atoms with van der Waals surface area (Å²) in [5, 5.41) is 3.88. The summed E-state index contributed by atoms with van der Waals surface area (Å²) in [6.45, 7) is 6.41. The van der Waals surface area contributed by atoms with Crippen LogP contribution in [0.3, 0.4) is 0 Å². The van der Waals surface area contributed by atoms with E-state index in [-0.39, 0.29) is 0 Å². The highest BCUT2D eigenvalue weighted by atomic mass is 32.1. The molecule has 2 aromatic carbocycles. The van der Waals surface area contributed by atoms with Crippen LogP contribution in [-0.2, 0) is 13.0 Å². The molecule has 0 aliphatic carbocycles. The Morgan fingerprint density at radius 1 is 1.03 bits per heavy atom. The first-order valence-corrected chi connectivity index (χ1v) is 11.6. The van der Waals surface area contributed by atoms with Crippen LogP contribution in [0.2, 0.25) is 0 Å². The second-order valence-corrected chi connectivity index (χ2v) is 9.56. The minimum absolute atomic E-state index is 0.569. The Morgan fingerprint density at radius 3 is 2.83 bits per heavy atom. The summed E-state index contributed by atoms with van der Waals surface area (Å²) in [5.41, 5.74) is 8.02. The molecule has 0 spiro atoms. The monoisotopic (exact) mass is 411 g/mol. The number of pyridine rings is 1. The van der Waals surface area contributed by atoms with Gasteiger partial charge in [-0.25, -0.2) is 0 Å². The van der Waals surface area contributed by atoms with Gasteiger partial charge in [0.2, 0.25) is 0 Å². The normalized spacial score (nSPS) is 18.6. The van der Waals surface area contributed by atoms with Crippen LogP contribution in [0, 0.1) is 6.92 Å². The average molecular weight is 412 g/mol. The lowest BCUT2D eigenvalue weighted by atomic mass is 9.94. The maximum Gasteiger partial charge on any atom is 0.0460 e. The molecule has 1 saturated heterocycles. The molecule has 1 fully saturated rings. The third kappa shape index (κ3) is 3.11. The lowest BCUT2D eigenvalue weighted by molar-refractivity contribution is 0.213. The van der Waals surface area contributed by atoms with Gasteiger partial charge < -0.3 is 4.90 Å². The van der Waals surface area contributed by atoms with Gasteiger partial charge in [-0.1, -0.05) is 35.9 Å². The molecule has 4 heteroatoms. The van der Waals surface area contributed by atoms with Gasteiger partial charge in [-0.15, -0.1) is 11.3 Å². The summed E-state index contributed by atoms with van der Waals surface area (Å²) in [7, 11) is 0. The fourth-order valence-corrected chi connectivity index (χ4v) is 6.06. The van der Waals surface area contributed by atoms with Crippen molar-refractivity contribution in [3.8, 4) is 11.1 Å². The Balaban J connectivity index is 1.21. The van der Waals surface area contributed by atoms with Gasteiger partial charge in [0, 0.05) is 66.0 Å². The molecular weight excluding hydrogens is 386 g/mol. The van der Waals surface area contributed by atoms with Crippen LogP contribution < -0.4 is 4.90 Å². The van der Waals surface area contributed by atoms with Gasteiger partial charge in [-0.3, -0.25) is 9.88 Å². The minimum Gasteiger partial charge on any atom is -0.365 e. The molecule has 0 N–H and O–H groups in total. The van der Waals surface area contributed by atoms with Crippen molar-refractivity contribution in [2.24, 2.45) is 0 Å². The Morgan fingerprint density at radius 2 is 1.93 bits per heavy atom. The van der Waals surface area contributed by atoms with E-state index in [4.69, 9.17) is 0 Å². The molecule has 1 unspecified atom stereocenters. The van der Waals surface area contributed by atoms with E-state index in [1.807, 2.05) is 23.7 Å². The summed E-state index contributed by atoms with van der Waals surface area (Å²) in [6.07, 6.45) is 5.17. The number of thiophene rings is 1. The number of nitrogens with zero attached hydrogens (tertiary/aromatic N) is 3. The predicted molar refractivity (Wildman–Crippen MR) is 126 cm³/mol. The largest absolute Gasteiger partial charge is 0.365 e. The van der Waals surface area contributed by atoms with Crippen molar-refractivity contribution in [3.05, 3.63) is 83.0 Å². The molecule has 0 radical (unpaired) electrons. The quantitative estimate of drug-likeness (QED) is 0.443. The van der Waals surface area contributed by atoms with E-state index in [2.05, 4.69) is 75.6 Å². The predicted octanol–water partition coefficient (Wildman–Crippen LogP) is 5.52. The summed E-state index contributed by atoms with van der Waals surface area (Å²) >= 11 is 1.89. The molecule has 4 heterocycles. The molecule has 0 saturated carbocycles. The molecule has 0 amide bonds. The van der Waals surface area contributed by atoms with Crippen molar-refractivity contribution in [2.45, 2.75) is 25.9 Å². The second kappa shape index (κ2) is 7.22. The maximum absolute atomic E-state index is 4.54. The molecule has 30 heavy (non-hydrogen) atoms. The number of benzene rings is 2. The zero-order valence-electron chi connectivity index (χ0n) is 17.2. The van der Waals surface area contributed by atoms with Crippen molar-refractivity contribution in [1.82, 2.24) is 9.88 Å². The van der Waals surface area contributed by atoms with Crippen molar-refractivity contribution in [1.29, 1.82) is 0 Å². The molecule has 3 nitrogen and oxygen atoms in total. The van der Waals surface area contributed by atoms with E-state index in [1.54, 1.807) is 0 Å². The smallest absolute Gasteiger partial charge is 0.0460 e. The average Bonchev–Trinajstić information content (AvgIpc) is 3.19. The molecule has 6 rings (SSSR count). The van der Waals surface area contributed by atoms with Crippen molar-refractivity contribution in [2.75, 3.05) is 24.5 Å². The topological polar surface area (TPSA) is 19.4 Å². The van der Waals surface area contributed by atoms with Gasteiger partial charge in [0.15, 0.2) is 0 Å². The molecule has 0 bridgehead atoms. The number of hydrogen-bond donors (Lipinski definition) is 0. The maximum atomic E-state index is 4.54. The Bertz CT molecular complexity index is 1210. The van der Waals surface area contributed by atoms with Crippen LogP contribution in [0.15, 0.2) is 66.3 Å². The van der Waals surface area contributed by atoms with E-state index in [1.165, 1.54) is 43.6 Å². The van der Waals surface area contributed by atoms with Gasteiger partial charge in [-0.05, 0) is 53.6 Å². The lowest BCUT2D eigenvalue weighted by Gasteiger charge is -2.45. The standard InChI is InChI=1S/C26H25N3S/c1-18-5-7-20(8-6-18)21-11-19(13-27-14-21)15-28-9-10-29-23(16-28)12-22-17-30-25-4-2-3-24(29)26(22)25/h2-8,11,13-14,17,23H,9-10,12,15-16H2,1H3. The molecule has 1 atom stereocenters. The van der Waals surface area contributed by atoms with Gasteiger partial charge in [0.25, 0.3) is 0 Å². The van der Waals surface area contributed by atoms with Crippen molar-refractivity contribution in [3.63, 3.8) is 0 Å². The summed E-state index contributed by atoms with van der Waals surface area (Å²) < 4.78 is 1.43. The van der Waals surface area contributed by atoms with Crippen LogP contribution in [0.5, 0.6) is 0 Å². The number of aryl methyl sites for hydroxylation is 1. The highest BCUT2D eigenvalue weighted by Gasteiger charge is 2.33. The Kier molecular flexibility index (Phi) is 4.36. The molecular formula is C26H25N3S. The summed E-state index contributed by atoms with van der Waals surface area (Å²) in [5.74, 6) is 0. The SMILES string of the molecule is Cc1ccc(-c2cncc(CN3CCN4c5cccc6scc(c56)CC4C3)c2)cc1. The second-order valence-electron chi connectivity index (χ2n) is 8.65. The Hall–Kier alpha value is -2.69. The van der Waals surface area contributed by atoms with E-state index in [0.29, 0.717) is 6.04 Å². The van der Waals surface area contributed by atoms with E-state index in [0.717, 1.165) is 32.6 Å². The fraction of sp³-hybridized carbons (Fsp3) is 0.269. The number of anilines is 1. The first-order valence-electron chi connectivity index (χ1n) is 10.7. The number of fused-ring (bicyclic) bond motifs is 2. The van der Waals surface area contributed by atoms with Gasteiger partial charge >= 0.3 is 0 Å². The molecule has 150 valence electrons. The summed E-state index contributed by atoms with van der Waals surface area (Å²) in [6, 6.07) is 18.4. The molecule has 2 aromatic heterocycles. The molecule has 4 aromatic rings. The van der Waals surface area contributed by atoms with Crippen LogP contribution in [-0.4, -0.2) is 35.6 Å². The highest BCUT2D eigenvalue weighted by molar-refractivity contribution is 7.17. The van der Waals surface area contributed by atoms with Gasteiger partial charge in [-0.2, -0.15) is 0 Å². The third-order valence-electron chi connectivity index (χ3n) is 6.57. The van der Waals surface area contributed by atoms with Crippen LogP contribution in [0.1, 0.15) is 16.7 Å². The van der Waals surface area contributed by atoms with Crippen LogP contribution >= 0.6 is 11.3 Å². The fourth-order valence-electron chi connectivity index (χ4n) is 5.07. The first-order chi connectivity index (χ1) is 14.7. The van der Waals surface area contributed by atoms with E-state index < -0.39 is 0 Å².